The maximum Gasteiger partial charge on any atom is 0.293 e. The van der Waals surface area contributed by atoms with Crippen LogP contribution in [-0.4, -0.2) is 49.7 Å². The number of fused-ring (bicyclic) bond motifs is 5. The van der Waals surface area contributed by atoms with Gasteiger partial charge in [0.15, 0.2) is 5.82 Å². The van der Waals surface area contributed by atoms with E-state index in [1.54, 1.807) is 6.07 Å². The Balaban J connectivity index is 1.26. The molecule has 1 unspecified atom stereocenters. The number of amides is 1. The van der Waals surface area contributed by atoms with Gasteiger partial charge in [-0.2, -0.15) is 19.0 Å². The van der Waals surface area contributed by atoms with Crippen LogP contribution in [0.1, 0.15) is 53.1 Å². The first kappa shape index (κ1) is 41.1. The summed E-state index contributed by atoms with van der Waals surface area (Å²) >= 11 is 6.61. The van der Waals surface area contributed by atoms with Crippen LogP contribution in [-0.2, 0) is 40.8 Å². The Kier molecular flexibility index (Phi) is 9.73. The summed E-state index contributed by atoms with van der Waals surface area (Å²) < 4.78 is 132. The molecule has 9 rings (SSSR count). The van der Waals surface area contributed by atoms with Crippen LogP contribution in [0.5, 0.6) is 0 Å². The second-order valence-electron chi connectivity index (χ2n) is 15.3. The summed E-state index contributed by atoms with van der Waals surface area (Å²) in [5, 5.41) is 10.7. The Hall–Kier alpha value is -6.28. The van der Waals surface area contributed by atoms with E-state index in [4.69, 9.17) is 16.6 Å². The molecular formula is C41H30ClF7N8O4S. The Morgan fingerprint density at radius 2 is 1.65 bits per heavy atom. The van der Waals surface area contributed by atoms with Gasteiger partial charge in [-0.1, -0.05) is 29.8 Å². The lowest BCUT2D eigenvalue weighted by atomic mass is 10.0. The molecule has 3 aromatic heterocycles. The Morgan fingerprint density at radius 1 is 0.952 bits per heavy atom. The molecule has 2 N–H and O–H groups in total. The fourth-order valence-corrected chi connectivity index (χ4v) is 9.14. The molecule has 0 saturated heterocycles. The second-order valence-corrected chi connectivity index (χ2v) is 17.4. The number of halogens is 8. The van der Waals surface area contributed by atoms with Gasteiger partial charge in [-0.3, -0.25) is 28.2 Å². The van der Waals surface area contributed by atoms with Crippen LogP contribution in [0.15, 0.2) is 77.6 Å². The monoisotopic (exact) mass is 898 g/mol. The number of aryl methyl sites for hydroxylation is 1. The summed E-state index contributed by atoms with van der Waals surface area (Å²) in [5.41, 5.74) is -1.66. The zero-order valence-corrected chi connectivity index (χ0v) is 33.7. The third kappa shape index (κ3) is 7.13. The predicted octanol–water partition coefficient (Wildman–Crippen LogP) is 7.82. The summed E-state index contributed by atoms with van der Waals surface area (Å²) in [7, 11) is -2.49. The molecule has 62 heavy (non-hydrogen) atoms. The van der Waals surface area contributed by atoms with Crippen molar-refractivity contribution in [3.8, 4) is 16.8 Å². The third-order valence-corrected chi connectivity index (χ3v) is 11.9. The molecule has 2 aliphatic rings. The van der Waals surface area contributed by atoms with Gasteiger partial charge in [0.25, 0.3) is 17.9 Å². The molecule has 0 spiro atoms. The average molecular weight is 899 g/mol. The van der Waals surface area contributed by atoms with Crippen molar-refractivity contribution in [3.63, 3.8) is 0 Å². The molecule has 1 amide bonds. The SMILES string of the molecule is Cn1nc(NS(C)(=O)=O)c2c(Cl)ccc(-n3c([C@H](Cc4cc(F)cc(F)c4)NC(=O)Cn4nc(C(F)F)c5c4C(F)(F)[C@@H]4CC54)nc4cc(-c5ccc(F)cc5)ccc4c3=O)c21. The molecule has 21 heteroatoms. The van der Waals surface area contributed by atoms with E-state index >= 15 is 8.78 Å². The van der Waals surface area contributed by atoms with Crippen LogP contribution in [0, 0.1) is 23.4 Å². The molecule has 12 nitrogen and oxygen atoms in total. The molecule has 1 saturated carbocycles. The second kappa shape index (κ2) is 14.7. The molecule has 4 aromatic carbocycles. The number of sulfonamides is 1. The number of anilines is 1. The largest absolute Gasteiger partial charge is 0.344 e. The fraction of sp³-hybridized carbons (Fsp3) is 0.244. The van der Waals surface area contributed by atoms with E-state index in [-0.39, 0.29) is 61.7 Å². The quantitative estimate of drug-likeness (QED) is 0.126. The van der Waals surface area contributed by atoms with Gasteiger partial charge in [0, 0.05) is 31.0 Å². The summed E-state index contributed by atoms with van der Waals surface area (Å²) in [6, 6.07) is 13.7. The van der Waals surface area contributed by atoms with Crippen LogP contribution >= 0.6 is 11.6 Å². The zero-order chi connectivity index (χ0) is 44.2. The minimum Gasteiger partial charge on any atom is -0.344 e. The lowest BCUT2D eigenvalue weighted by molar-refractivity contribution is -0.123. The normalized spacial score (nSPS) is 17.1. The first-order chi connectivity index (χ1) is 29.3. The zero-order valence-electron chi connectivity index (χ0n) is 32.1. The highest BCUT2D eigenvalue weighted by atomic mass is 35.5. The van der Waals surface area contributed by atoms with Crippen LogP contribution in [0.3, 0.4) is 0 Å². The van der Waals surface area contributed by atoms with Crippen molar-refractivity contribution in [2.24, 2.45) is 13.0 Å². The number of carbonyl (C=O) groups is 1. The van der Waals surface area contributed by atoms with Crippen molar-refractivity contribution in [3.05, 3.63) is 134 Å². The maximum absolute atomic E-state index is 15.5. The average Bonchev–Trinajstić information content (AvgIpc) is 3.73. The summed E-state index contributed by atoms with van der Waals surface area (Å²) in [5.74, 6) is -9.68. The number of hydrogen-bond donors (Lipinski definition) is 2. The molecule has 0 aliphatic heterocycles. The Bertz CT molecular complexity index is 3170. The highest BCUT2D eigenvalue weighted by Crippen LogP contribution is 2.68. The van der Waals surface area contributed by atoms with Gasteiger partial charge >= 0.3 is 0 Å². The first-order valence-corrected chi connectivity index (χ1v) is 21.0. The fourth-order valence-electron chi connectivity index (χ4n) is 8.40. The molecular weight excluding hydrogens is 869 g/mol. The van der Waals surface area contributed by atoms with Crippen molar-refractivity contribution in [2.45, 2.75) is 43.7 Å². The summed E-state index contributed by atoms with van der Waals surface area (Å²) in [6.45, 7) is -1.00. The molecule has 3 atom stereocenters. The molecule has 320 valence electrons. The Labute approximate surface area is 351 Å². The number of carbonyl (C=O) groups excluding carboxylic acids is 1. The van der Waals surface area contributed by atoms with Gasteiger partial charge in [-0.25, -0.2) is 35.4 Å². The molecule has 2 aliphatic carbocycles. The number of alkyl halides is 4. The van der Waals surface area contributed by atoms with Gasteiger partial charge in [-0.15, -0.1) is 0 Å². The van der Waals surface area contributed by atoms with Gasteiger partial charge in [0.1, 0.15) is 41.2 Å². The summed E-state index contributed by atoms with van der Waals surface area (Å²) in [6.07, 6.45) is -2.83. The number of nitrogens with one attached hydrogen (secondary N) is 2. The number of benzene rings is 4. The number of rotatable bonds is 11. The van der Waals surface area contributed by atoms with E-state index in [1.165, 1.54) is 60.3 Å². The van der Waals surface area contributed by atoms with Gasteiger partial charge < -0.3 is 5.32 Å². The lowest BCUT2D eigenvalue weighted by Crippen LogP contribution is -2.38. The molecule has 7 aromatic rings. The van der Waals surface area contributed by atoms with E-state index < -0.39 is 93.5 Å². The third-order valence-electron chi connectivity index (χ3n) is 11.0. The van der Waals surface area contributed by atoms with E-state index in [2.05, 4.69) is 20.2 Å². The number of aromatic nitrogens is 6. The molecule has 0 bridgehead atoms. The molecule has 0 radical (unpaired) electrons. The lowest BCUT2D eigenvalue weighted by Gasteiger charge is -2.24. The van der Waals surface area contributed by atoms with Gasteiger partial charge in [0.05, 0.1) is 44.8 Å². The molecule has 3 heterocycles. The smallest absolute Gasteiger partial charge is 0.293 e. The predicted molar refractivity (Wildman–Crippen MR) is 213 cm³/mol. The maximum atomic E-state index is 15.5. The van der Waals surface area contributed by atoms with Crippen LogP contribution < -0.4 is 15.6 Å². The van der Waals surface area contributed by atoms with Crippen molar-refractivity contribution >= 4 is 55.2 Å². The minimum absolute atomic E-state index is 0.00651. The molecule has 1 fully saturated rings. The Morgan fingerprint density at radius 3 is 2.32 bits per heavy atom. The van der Waals surface area contributed by atoms with Gasteiger partial charge in [-0.05, 0) is 77.6 Å². The van der Waals surface area contributed by atoms with Crippen molar-refractivity contribution < 1.29 is 43.9 Å². The van der Waals surface area contributed by atoms with Gasteiger partial charge in [0.2, 0.25) is 15.9 Å². The van der Waals surface area contributed by atoms with E-state index in [0.29, 0.717) is 21.9 Å². The van der Waals surface area contributed by atoms with E-state index in [0.717, 1.165) is 23.0 Å². The van der Waals surface area contributed by atoms with Crippen molar-refractivity contribution in [2.75, 3.05) is 11.0 Å². The number of nitrogens with zero attached hydrogens (tertiary/aromatic N) is 6. The van der Waals surface area contributed by atoms with E-state index in [9.17, 15) is 40.0 Å². The minimum atomic E-state index is -3.92. The summed E-state index contributed by atoms with van der Waals surface area (Å²) in [4.78, 5) is 33.9. The van der Waals surface area contributed by atoms with E-state index in [1.807, 2.05) is 0 Å². The number of hydrogen-bond acceptors (Lipinski definition) is 7. The highest BCUT2D eigenvalue weighted by molar-refractivity contribution is 7.92. The highest BCUT2D eigenvalue weighted by Gasteiger charge is 2.67. The van der Waals surface area contributed by atoms with Crippen LogP contribution in [0.4, 0.5) is 36.6 Å². The van der Waals surface area contributed by atoms with Crippen LogP contribution in [0.25, 0.3) is 38.6 Å². The standard InChI is InChI=1S/C41H30ClF7N8O4S/c1-55-35-30(10-9-27(42)33(35)38(53-55)54-62(2,60)61)57-39(51-28-14-20(5-8-24(28)40(57)59)19-3-6-21(43)7-4-19)29(13-18-11-22(44)15-23(45)12-18)50-31(58)17-56-36-32(34(52-56)37(46)47)25-16-26(25)41(36,48)49/h3-12,14-15,25-26,29,37H,13,16-17H2,1-2H3,(H,50,58)(H,53,54)/t25?,26-,29+/m1/s1. The first-order valence-electron chi connectivity index (χ1n) is 18.8. The van der Waals surface area contributed by atoms with Crippen molar-refractivity contribution in [1.29, 1.82) is 0 Å². The van der Waals surface area contributed by atoms with Crippen LogP contribution in [0.2, 0.25) is 5.02 Å². The topological polar surface area (TPSA) is 146 Å². The van der Waals surface area contributed by atoms with Crippen molar-refractivity contribution in [1.82, 2.24) is 34.4 Å².